The summed E-state index contributed by atoms with van der Waals surface area (Å²) in [7, 11) is 0. The second-order valence-electron chi connectivity index (χ2n) is 4.89. The van der Waals surface area contributed by atoms with Gasteiger partial charge in [0.25, 0.3) is 0 Å². The topological polar surface area (TPSA) is 41.3 Å². The van der Waals surface area contributed by atoms with Gasteiger partial charge in [-0.15, -0.1) is 0 Å². The molecule has 1 fully saturated rings. The van der Waals surface area contributed by atoms with E-state index in [1.54, 1.807) is 0 Å². The number of hydrogen-bond donors (Lipinski definition) is 2. The molecule has 2 rings (SSSR count). The van der Waals surface area contributed by atoms with Crippen LogP contribution in [0.2, 0.25) is 5.02 Å². The lowest BCUT2D eigenvalue weighted by Crippen LogP contribution is -2.33. The lowest BCUT2D eigenvalue weighted by Gasteiger charge is -2.26. The van der Waals surface area contributed by atoms with Crippen LogP contribution >= 0.6 is 23.8 Å². The standard InChI is InChI=1S/C14H20ClN3S/c15-13-10-11(4-5-12(13)14(16)19)17-6-9-18-7-2-1-3-8-18/h4-5,10,17H,1-3,6-9H2,(H2,16,19). The summed E-state index contributed by atoms with van der Waals surface area (Å²) >= 11 is 11.1. The molecule has 0 bridgehead atoms. The summed E-state index contributed by atoms with van der Waals surface area (Å²) in [6.45, 7) is 4.46. The molecule has 1 saturated heterocycles. The average Bonchev–Trinajstić information content (AvgIpc) is 2.39. The molecular formula is C14H20ClN3S. The van der Waals surface area contributed by atoms with Gasteiger partial charge >= 0.3 is 0 Å². The van der Waals surface area contributed by atoms with Crippen molar-refractivity contribution < 1.29 is 0 Å². The molecule has 0 spiro atoms. The molecule has 3 nitrogen and oxygen atoms in total. The van der Waals surface area contributed by atoms with E-state index in [1.807, 2.05) is 18.2 Å². The van der Waals surface area contributed by atoms with Crippen LogP contribution in [0.25, 0.3) is 0 Å². The van der Waals surface area contributed by atoms with Gasteiger partial charge in [-0.3, -0.25) is 0 Å². The van der Waals surface area contributed by atoms with Crippen LogP contribution in [0.3, 0.4) is 0 Å². The van der Waals surface area contributed by atoms with E-state index in [1.165, 1.54) is 32.4 Å². The zero-order chi connectivity index (χ0) is 13.7. The van der Waals surface area contributed by atoms with E-state index in [-0.39, 0.29) is 0 Å². The Labute approximate surface area is 125 Å². The van der Waals surface area contributed by atoms with Crippen LogP contribution in [0, 0.1) is 0 Å². The SMILES string of the molecule is NC(=S)c1ccc(NCCN2CCCCC2)cc1Cl. The number of nitrogens with one attached hydrogen (secondary N) is 1. The minimum absolute atomic E-state index is 0.338. The van der Waals surface area contributed by atoms with Crippen molar-refractivity contribution in [2.24, 2.45) is 5.73 Å². The zero-order valence-electron chi connectivity index (χ0n) is 11.0. The maximum atomic E-state index is 6.13. The zero-order valence-corrected chi connectivity index (χ0v) is 12.6. The van der Waals surface area contributed by atoms with E-state index in [0.29, 0.717) is 10.0 Å². The maximum absolute atomic E-state index is 6.13. The Balaban J connectivity index is 1.82. The first-order valence-electron chi connectivity index (χ1n) is 6.72. The smallest absolute Gasteiger partial charge is 0.105 e. The highest BCUT2D eigenvalue weighted by Crippen LogP contribution is 2.20. The highest BCUT2D eigenvalue weighted by molar-refractivity contribution is 7.80. The Morgan fingerprint density at radius 2 is 2.05 bits per heavy atom. The van der Waals surface area contributed by atoms with Gasteiger partial charge in [-0.1, -0.05) is 30.2 Å². The molecule has 19 heavy (non-hydrogen) atoms. The minimum Gasteiger partial charge on any atom is -0.389 e. The number of likely N-dealkylation sites (tertiary alicyclic amines) is 1. The molecule has 1 aromatic rings. The van der Waals surface area contributed by atoms with Gasteiger partial charge in [-0.25, -0.2) is 0 Å². The first kappa shape index (κ1) is 14.6. The van der Waals surface area contributed by atoms with E-state index in [9.17, 15) is 0 Å². The first-order chi connectivity index (χ1) is 9.16. The fraction of sp³-hybridized carbons (Fsp3) is 0.500. The Bertz CT molecular complexity index is 444. The number of halogens is 1. The Kier molecular flexibility index (Phi) is 5.43. The van der Waals surface area contributed by atoms with Gasteiger partial charge in [0.05, 0.1) is 5.02 Å². The molecule has 0 aromatic heterocycles. The Morgan fingerprint density at radius 3 is 2.68 bits per heavy atom. The normalized spacial score (nSPS) is 16.3. The van der Waals surface area contributed by atoms with E-state index >= 15 is 0 Å². The van der Waals surface area contributed by atoms with Crippen molar-refractivity contribution >= 4 is 34.5 Å². The van der Waals surface area contributed by atoms with Crippen LogP contribution in [0.15, 0.2) is 18.2 Å². The summed E-state index contributed by atoms with van der Waals surface area (Å²) in [4.78, 5) is 2.84. The van der Waals surface area contributed by atoms with E-state index in [4.69, 9.17) is 29.6 Å². The van der Waals surface area contributed by atoms with Gasteiger partial charge in [0.15, 0.2) is 0 Å². The molecule has 3 N–H and O–H groups in total. The van der Waals surface area contributed by atoms with Gasteiger partial charge in [0, 0.05) is 24.3 Å². The van der Waals surface area contributed by atoms with Crippen molar-refractivity contribution in [3.63, 3.8) is 0 Å². The number of nitrogens with zero attached hydrogens (tertiary/aromatic N) is 1. The maximum Gasteiger partial charge on any atom is 0.105 e. The van der Waals surface area contributed by atoms with Crippen molar-refractivity contribution in [3.8, 4) is 0 Å². The van der Waals surface area contributed by atoms with Crippen LogP contribution in [0.4, 0.5) is 5.69 Å². The monoisotopic (exact) mass is 297 g/mol. The third-order valence-electron chi connectivity index (χ3n) is 3.44. The second-order valence-corrected chi connectivity index (χ2v) is 5.73. The fourth-order valence-corrected chi connectivity index (χ4v) is 2.88. The van der Waals surface area contributed by atoms with Crippen molar-refractivity contribution in [1.29, 1.82) is 0 Å². The molecule has 0 aliphatic carbocycles. The van der Waals surface area contributed by atoms with Gasteiger partial charge in [0.2, 0.25) is 0 Å². The molecule has 104 valence electrons. The second kappa shape index (κ2) is 7.08. The molecule has 0 unspecified atom stereocenters. The van der Waals surface area contributed by atoms with Gasteiger partial charge < -0.3 is 16.0 Å². The van der Waals surface area contributed by atoms with Crippen molar-refractivity contribution in [2.75, 3.05) is 31.5 Å². The summed E-state index contributed by atoms with van der Waals surface area (Å²) < 4.78 is 0. The summed E-state index contributed by atoms with van der Waals surface area (Å²) in [6, 6.07) is 5.72. The molecular weight excluding hydrogens is 278 g/mol. The van der Waals surface area contributed by atoms with Gasteiger partial charge in [0.1, 0.15) is 4.99 Å². The molecule has 1 aliphatic heterocycles. The van der Waals surface area contributed by atoms with Crippen LogP contribution in [-0.4, -0.2) is 36.1 Å². The Hall–Kier alpha value is -0.840. The Morgan fingerprint density at radius 1 is 1.32 bits per heavy atom. The molecule has 0 amide bonds. The average molecular weight is 298 g/mol. The quantitative estimate of drug-likeness (QED) is 0.820. The number of hydrogen-bond acceptors (Lipinski definition) is 3. The van der Waals surface area contributed by atoms with Crippen LogP contribution < -0.4 is 11.1 Å². The van der Waals surface area contributed by atoms with Gasteiger partial charge in [-0.2, -0.15) is 0 Å². The third kappa shape index (κ3) is 4.34. The third-order valence-corrected chi connectivity index (χ3v) is 3.97. The van der Waals surface area contributed by atoms with Crippen molar-refractivity contribution in [1.82, 2.24) is 4.90 Å². The molecule has 0 saturated carbocycles. The molecule has 1 heterocycles. The summed E-state index contributed by atoms with van der Waals surface area (Å²) in [6.07, 6.45) is 4.03. The predicted octanol–water partition coefficient (Wildman–Crippen LogP) is 2.87. The summed E-state index contributed by atoms with van der Waals surface area (Å²) in [5, 5.41) is 4.00. The van der Waals surface area contributed by atoms with Crippen LogP contribution in [-0.2, 0) is 0 Å². The van der Waals surface area contributed by atoms with E-state index in [2.05, 4.69) is 10.2 Å². The van der Waals surface area contributed by atoms with Gasteiger partial charge in [-0.05, 0) is 44.1 Å². The number of thiocarbonyl (C=S) groups is 1. The molecule has 5 heteroatoms. The molecule has 1 aromatic carbocycles. The number of nitrogens with two attached hydrogens (primary N) is 1. The number of rotatable bonds is 5. The largest absolute Gasteiger partial charge is 0.389 e. The van der Waals surface area contributed by atoms with E-state index < -0.39 is 0 Å². The van der Waals surface area contributed by atoms with Crippen molar-refractivity contribution in [2.45, 2.75) is 19.3 Å². The summed E-state index contributed by atoms with van der Waals surface area (Å²) in [5.41, 5.74) is 7.33. The minimum atomic E-state index is 0.338. The molecule has 0 radical (unpaired) electrons. The predicted molar refractivity (Wildman–Crippen MR) is 86.1 cm³/mol. The fourth-order valence-electron chi connectivity index (χ4n) is 2.37. The summed E-state index contributed by atoms with van der Waals surface area (Å²) in [5.74, 6) is 0. The highest BCUT2D eigenvalue weighted by atomic mass is 35.5. The molecule has 1 aliphatic rings. The lowest BCUT2D eigenvalue weighted by molar-refractivity contribution is 0.237. The lowest BCUT2D eigenvalue weighted by atomic mass is 10.1. The van der Waals surface area contributed by atoms with E-state index in [0.717, 1.165) is 24.3 Å². The molecule has 0 atom stereocenters. The highest BCUT2D eigenvalue weighted by Gasteiger charge is 2.09. The number of piperidine rings is 1. The first-order valence-corrected chi connectivity index (χ1v) is 7.51. The van der Waals surface area contributed by atoms with Crippen molar-refractivity contribution in [3.05, 3.63) is 28.8 Å². The number of benzene rings is 1. The van der Waals surface area contributed by atoms with Crippen LogP contribution in [0.1, 0.15) is 24.8 Å². The van der Waals surface area contributed by atoms with Crippen LogP contribution in [0.5, 0.6) is 0 Å². The number of anilines is 1.